The van der Waals surface area contributed by atoms with Crippen molar-refractivity contribution in [1.82, 2.24) is 29.7 Å². The first-order valence-electron chi connectivity index (χ1n) is 26.1. The third-order valence-corrected chi connectivity index (χ3v) is 16.6. The second kappa shape index (κ2) is 25.2. The van der Waals surface area contributed by atoms with Crippen LogP contribution in [0.2, 0.25) is 10.0 Å². The summed E-state index contributed by atoms with van der Waals surface area (Å²) >= 11 is 16.1. The van der Waals surface area contributed by atoms with E-state index in [0.29, 0.717) is 153 Å². The molecule has 17 nitrogen and oxygen atoms in total. The first-order valence-corrected chi connectivity index (χ1v) is 27.6. The number of halogens is 3. The largest absolute Gasteiger partial charge is 0.490 e. The monoisotopic (exact) mass is 1120 g/mol. The topological polar surface area (TPSA) is 178 Å². The number of likely N-dealkylation sites (N-methyl/N-ethyl adjacent to an activating group) is 1. The third-order valence-electron chi connectivity index (χ3n) is 14.5. The average Bonchev–Trinajstić information content (AvgIpc) is 3.83. The molecule has 3 aromatic heterocycles. The number of aromatic nitrogens is 4. The van der Waals surface area contributed by atoms with E-state index in [1.807, 2.05) is 13.8 Å². The molecular formula is C56H63Cl2FN6O11S. The van der Waals surface area contributed by atoms with Crippen molar-refractivity contribution in [2.24, 2.45) is 0 Å². The molecule has 4 aliphatic heterocycles. The van der Waals surface area contributed by atoms with Crippen LogP contribution in [0.1, 0.15) is 47.5 Å². The van der Waals surface area contributed by atoms with Gasteiger partial charge in [-0.25, -0.2) is 29.1 Å². The maximum atomic E-state index is 14.4. The number of hydrogen-bond acceptors (Lipinski definition) is 17. The molecule has 0 spiro atoms. The van der Waals surface area contributed by atoms with Crippen LogP contribution in [0.25, 0.3) is 31.8 Å². The maximum Gasteiger partial charge on any atom is 0.345 e. The average molecular weight is 1120 g/mol. The summed E-state index contributed by atoms with van der Waals surface area (Å²) in [7, 11) is 2.10. The van der Waals surface area contributed by atoms with E-state index in [1.54, 1.807) is 42.6 Å². The molecule has 6 aromatic rings. The highest BCUT2D eigenvalue weighted by Gasteiger charge is 2.42. The number of ether oxygens (including phenoxy) is 9. The van der Waals surface area contributed by atoms with Gasteiger partial charge in [-0.05, 0) is 92.4 Å². The van der Waals surface area contributed by atoms with Crippen LogP contribution >= 0.6 is 34.5 Å². The van der Waals surface area contributed by atoms with Crippen molar-refractivity contribution in [2.75, 3.05) is 106 Å². The molecule has 5 aliphatic rings. The Kier molecular flexibility index (Phi) is 18.0. The van der Waals surface area contributed by atoms with Crippen LogP contribution in [-0.2, 0) is 46.9 Å². The molecule has 0 unspecified atom stereocenters. The number of fused-ring (bicyclic) bond motifs is 7. The summed E-state index contributed by atoms with van der Waals surface area (Å²) in [4.78, 5) is 38.2. The van der Waals surface area contributed by atoms with Gasteiger partial charge in [0.2, 0.25) is 12.0 Å². The van der Waals surface area contributed by atoms with Gasteiger partial charge in [0.1, 0.15) is 59.7 Å². The summed E-state index contributed by atoms with van der Waals surface area (Å²) in [5.41, 5.74) is 4.06. The molecule has 410 valence electrons. The van der Waals surface area contributed by atoms with E-state index in [9.17, 15) is 14.3 Å². The minimum atomic E-state index is -1.48. The molecule has 3 aromatic carbocycles. The van der Waals surface area contributed by atoms with Gasteiger partial charge in [0.25, 0.3) is 0 Å². The van der Waals surface area contributed by atoms with Crippen molar-refractivity contribution in [1.29, 1.82) is 0 Å². The Morgan fingerprint density at radius 1 is 0.883 bits per heavy atom. The number of carboxylic acids is 1. The molecule has 2 saturated heterocycles. The summed E-state index contributed by atoms with van der Waals surface area (Å²) in [6, 6.07) is 13.3. The van der Waals surface area contributed by atoms with Crippen LogP contribution in [-0.4, -0.2) is 165 Å². The number of nitrogens with zero attached hydrogens (tertiary/aromatic N) is 6. The number of benzene rings is 3. The molecule has 1 saturated carbocycles. The van der Waals surface area contributed by atoms with E-state index in [-0.39, 0.29) is 37.0 Å². The predicted octanol–water partition coefficient (Wildman–Crippen LogP) is 8.81. The minimum Gasteiger partial charge on any atom is -0.490 e. The number of carbonyl (C=O) groups is 1. The van der Waals surface area contributed by atoms with E-state index >= 15 is 0 Å². The van der Waals surface area contributed by atoms with E-state index < -0.39 is 24.0 Å². The number of thiophene rings is 1. The zero-order valence-corrected chi connectivity index (χ0v) is 45.7. The third kappa shape index (κ3) is 12.9. The van der Waals surface area contributed by atoms with E-state index in [0.717, 1.165) is 45.4 Å². The van der Waals surface area contributed by atoms with Gasteiger partial charge in [-0.2, -0.15) is 0 Å². The van der Waals surface area contributed by atoms with Crippen LogP contribution in [0.3, 0.4) is 0 Å². The molecule has 3 fully saturated rings. The van der Waals surface area contributed by atoms with Crippen molar-refractivity contribution in [3.63, 3.8) is 0 Å². The summed E-state index contributed by atoms with van der Waals surface area (Å²) in [5, 5.41) is 12.0. The summed E-state index contributed by atoms with van der Waals surface area (Å²) < 4.78 is 69.6. The Morgan fingerprint density at radius 2 is 1.65 bits per heavy atom. The molecular weight excluding hydrogens is 1050 g/mol. The summed E-state index contributed by atoms with van der Waals surface area (Å²) in [6.07, 6.45) is 3.65. The van der Waals surface area contributed by atoms with Gasteiger partial charge in [0.15, 0.2) is 5.75 Å². The summed E-state index contributed by atoms with van der Waals surface area (Å²) in [5.74, 6) is 0.244. The molecule has 77 heavy (non-hydrogen) atoms. The Bertz CT molecular complexity index is 2980. The molecule has 4 bridgehead atoms. The Labute approximate surface area is 460 Å². The van der Waals surface area contributed by atoms with Crippen molar-refractivity contribution >= 4 is 50.7 Å². The lowest BCUT2D eigenvalue weighted by atomic mass is 9.68. The van der Waals surface area contributed by atoms with Gasteiger partial charge in [-0.3, -0.25) is 4.90 Å². The second-order valence-electron chi connectivity index (χ2n) is 19.9. The number of hydrogen-bond donors (Lipinski definition) is 1. The molecule has 0 radical (unpaired) electrons. The minimum absolute atomic E-state index is 0.0246. The lowest BCUT2D eigenvalue weighted by molar-refractivity contribution is -0.145. The van der Waals surface area contributed by atoms with Crippen LogP contribution in [0.4, 0.5) is 4.39 Å². The SMILES string of the molecule is Cc1c(Cl)c2c(Cl)c(C)c1-c1c(-c3ccc(F)cc3)sc3ncnc(c13)O[C@@H](C(=O)O)Cc1cc(ccc1OCc1ccnc(C3(COCCOCCOC[C@H]4COCCO4)CCC3)n1)OC[C@@H](CN1CCN(C)CC1)O2. The number of aliphatic carboxylic acids is 1. The van der Waals surface area contributed by atoms with Crippen molar-refractivity contribution in [3.05, 3.63) is 105 Å². The van der Waals surface area contributed by atoms with Crippen LogP contribution in [0.5, 0.6) is 23.1 Å². The second-order valence-corrected chi connectivity index (χ2v) is 21.7. The molecule has 0 amide bonds. The number of piperazine rings is 1. The fourth-order valence-corrected chi connectivity index (χ4v) is 11.7. The zero-order chi connectivity index (χ0) is 53.5. The van der Waals surface area contributed by atoms with Gasteiger partial charge < -0.3 is 52.6 Å². The molecule has 7 heterocycles. The smallest absolute Gasteiger partial charge is 0.345 e. The van der Waals surface area contributed by atoms with Crippen molar-refractivity contribution < 1.29 is 56.9 Å². The first-order chi connectivity index (χ1) is 37.4. The summed E-state index contributed by atoms with van der Waals surface area (Å²) in [6.45, 7) is 12.3. The molecule has 21 heteroatoms. The van der Waals surface area contributed by atoms with Gasteiger partial charge in [0, 0.05) is 61.3 Å². The van der Waals surface area contributed by atoms with E-state index in [2.05, 4.69) is 26.8 Å². The van der Waals surface area contributed by atoms with Crippen LogP contribution < -0.4 is 18.9 Å². The highest BCUT2D eigenvalue weighted by atomic mass is 35.5. The van der Waals surface area contributed by atoms with Crippen LogP contribution in [0.15, 0.2) is 61.1 Å². The predicted molar refractivity (Wildman–Crippen MR) is 289 cm³/mol. The Morgan fingerprint density at radius 3 is 2.38 bits per heavy atom. The molecule has 3 atom stereocenters. The normalized spacial score (nSPS) is 19.9. The van der Waals surface area contributed by atoms with Gasteiger partial charge in [-0.1, -0.05) is 41.8 Å². The number of carboxylic acid groups (broad SMARTS) is 1. The highest BCUT2D eigenvalue weighted by molar-refractivity contribution is 7.22. The fraction of sp³-hybridized carbons (Fsp3) is 0.482. The van der Waals surface area contributed by atoms with Crippen LogP contribution in [0, 0.1) is 19.7 Å². The van der Waals surface area contributed by atoms with E-state index in [4.69, 9.17) is 75.8 Å². The first kappa shape index (κ1) is 55.0. The van der Waals surface area contributed by atoms with Gasteiger partial charge >= 0.3 is 5.97 Å². The lowest BCUT2D eigenvalue weighted by Crippen LogP contribution is -2.49. The molecule has 1 N–H and O–H groups in total. The number of rotatable bonds is 18. The highest BCUT2D eigenvalue weighted by Crippen LogP contribution is 2.53. The zero-order valence-electron chi connectivity index (χ0n) is 43.4. The van der Waals surface area contributed by atoms with Gasteiger partial charge in [0.05, 0.1) is 86.0 Å². The van der Waals surface area contributed by atoms with Crippen molar-refractivity contribution in [2.45, 2.75) is 69.9 Å². The lowest BCUT2D eigenvalue weighted by Gasteiger charge is -2.40. The quantitative estimate of drug-likeness (QED) is 0.0807. The maximum absolute atomic E-state index is 14.4. The molecule has 11 rings (SSSR count). The van der Waals surface area contributed by atoms with E-state index in [1.165, 1.54) is 29.8 Å². The Balaban J connectivity index is 0.926. The van der Waals surface area contributed by atoms with Crippen molar-refractivity contribution in [3.8, 4) is 44.7 Å². The molecule has 1 aliphatic carbocycles. The Hall–Kier alpha value is -5.32. The van der Waals surface area contributed by atoms with Gasteiger partial charge in [-0.15, -0.1) is 11.3 Å². The standard InChI is InChI=1S/C56H63Cl2FN6O11S/c1-34-45-35(2)49(58)50(48(34)57)75-41(27-65-17-15-64(3)16-18-65)31-73-40-9-10-43(37(25-40)26-44(54(66)67)76-52-47-46(45)51(77-53(47)62-33-61-52)36-5-7-38(59)8-6-36)74-28-39-11-14-60-55(63-39)56(12-4-13-56)32-71-22-20-68-19-21-69-29-42-30-70-23-24-72-42/h5-11,14,25,33,41-42,44H,4,12-13,15-24,26-32H2,1-3H3,(H,66,67)/t41-,42+,44-/m1/s1. The fourth-order valence-electron chi connectivity index (χ4n) is 10.1.